The van der Waals surface area contributed by atoms with E-state index in [9.17, 15) is 4.79 Å². The number of ether oxygens (including phenoxy) is 2. The lowest BCUT2D eigenvalue weighted by atomic mass is 9.86. The molecule has 0 N–H and O–H groups in total. The number of hydrogen-bond donors (Lipinski definition) is 0. The van der Waals surface area contributed by atoms with Gasteiger partial charge in [-0.1, -0.05) is 12.1 Å². The Labute approximate surface area is 155 Å². The van der Waals surface area contributed by atoms with Gasteiger partial charge in [-0.25, -0.2) is 0 Å². The number of carbonyl (C=O) groups excluding carboxylic acids is 1. The van der Waals surface area contributed by atoms with Crippen LogP contribution in [0.5, 0.6) is 0 Å². The number of hydrogen-bond acceptors (Lipinski definition) is 6. The number of nitrogens with zero attached hydrogens (tertiary/aromatic N) is 1. The average molecular weight is 376 g/mol. The summed E-state index contributed by atoms with van der Waals surface area (Å²) in [4.78, 5) is 17.8. The Balaban J connectivity index is 1.39. The molecule has 3 aliphatic rings. The van der Waals surface area contributed by atoms with Crippen LogP contribution in [0.1, 0.15) is 29.5 Å². The number of morpholine rings is 1. The third kappa shape index (κ3) is 2.35. The maximum Gasteiger partial charge on any atom is 0.322 e. The Morgan fingerprint density at radius 3 is 2.20 bits per heavy atom. The van der Waals surface area contributed by atoms with Crippen LogP contribution in [-0.4, -0.2) is 48.3 Å². The van der Waals surface area contributed by atoms with Crippen LogP contribution in [0.15, 0.2) is 35.0 Å². The van der Waals surface area contributed by atoms with E-state index in [1.54, 1.807) is 22.7 Å². The summed E-state index contributed by atoms with van der Waals surface area (Å²) in [5.74, 6) is -0.124. The van der Waals surface area contributed by atoms with Gasteiger partial charge in [-0.05, 0) is 36.9 Å². The Hall–Kier alpha value is -1.21. The maximum atomic E-state index is 13.3. The van der Waals surface area contributed by atoms with Crippen LogP contribution in [0, 0.1) is 0 Å². The van der Waals surface area contributed by atoms with E-state index in [0.717, 1.165) is 22.6 Å². The van der Waals surface area contributed by atoms with Crippen molar-refractivity contribution in [2.75, 3.05) is 7.05 Å². The van der Waals surface area contributed by atoms with Crippen LogP contribution in [-0.2, 0) is 19.7 Å². The van der Waals surface area contributed by atoms with Gasteiger partial charge in [-0.15, -0.1) is 22.7 Å². The molecule has 5 heterocycles. The van der Waals surface area contributed by atoms with Gasteiger partial charge < -0.3 is 9.47 Å². The van der Waals surface area contributed by atoms with E-state index in [0.29, 0.717) is 24.3 Å². The Bertz CT molecular complexity index is 720. The first-order valence-electron chi connectivity index (χ1n) is 8.75. The highest BCUT2D eigenvalue weighted by atomic mass is 32.1. The van der Waals surface area contributed by atoms with E-state index in [1.165, 1.54) is 0 Å². The molecular weight excluding hydrogens is 354 g/mol. The smallest absolute Gasteiger partial charge is 0.322 e. The molecule has 4 atom stereocenters. The van der Waals surface area contributed by atoms with Gasteiger partial charge >= 0.3 is 5.97 Å². The summed E-state index contributed by atoms with van der Waals surface area (Å²) >= 11 is 3.23. The number of rotatable bonds is 4. The van der Waals surface area contributed by atoms with E-state index < -0.39 is 5.41 Å². The van der Waals surface area contributed by atoms with Gasteiger partial charge in [0, 0.05) is 34.7 Å². The zero-order valence-electron chi connectivity index (χ0n) is 14.3. The fourth-order valence-electron chi connectivity index (χ4n) is 4.51. The van der Waals surface area contributed by atoms with E-state index in [1.807, 2.05) is 41.9 Å². The number of carbonyl (C=O) groups is 1. The molecule has 0 spiro atoms. The lowest BCUT2D eigenvalue weighted by molar-refractivity contribution is -0.158. The van der Waals surface area contributed by atoms with E-state index in [-0.39, 0.29) is 12.1 Å². The molecule has 0 saturated carbocycles. The molecule has 3 aliphatic heterocycles. The molecule has 4 unspecified atom stereocenters. The van der Waals surface area contributed by atoms with Crippen LogP contribution < -0.4 is 0 Å². The number of epoxide rings is 1. The van der Waals surface area contributed by atoms with Crippen molar-refractivity contribution in [3.8, 4) is 0 Å². The van der Waals surface area contributed by atoms with Crippen molar-refractivity contribution in [3.63, 3.8) is 0 Å². The maximum absolute atomic E-state index is 13.3. The van der Waals surface area contributed by atoms with Crippen LogP contribution in [0.3, 0.4) is 0 Å². The van der Waals surface area contributed by atoms with Crippen molar-refractivity contribution in [1.29, 1.82) is 0 Å². The van der Waals surface area contributed by atoms with Crippen molar-refractivity contribution in [3.05, 3.63) is 44.8 Å². The first-order chi connectivity index (χ1) is 12.1. The zero-order chi connectivity index (χ0) is 17.2. The van der Waals surface area contributed by atoms with E-state index >= 15 is 0 Å². The van der Waals surface area contributed by atoms with Crippen LogP contribution in [0.4, 0.5) is 0 Å². The molecule has 0 aliphatic carbocycles. The van der Waals surface area contributed by atoms with Crippen LogP contribution in [0.2, 0.25) is 0 Å². The zero-order valence-corrected chi connectivity index (χ0v) is 15.9. The second kappa shape index (κ2) is 5.64. The molecule has 6 heteroatoms. The number of esters is 1. The fraction of sp³-hybridized carbons (Fsp3) is 0.526. The van der Waals surface area contributed by atoms with Crippen LogP contribution in [0.25, 0.3) is 0 Å². The van der Waals surface area contributed by atoms with Crippen molar-refractivity contribution < 1.29 is 14.3 Å². The van der Waals surface area contributed by atoms with E-state index in [4.69, 9.17) is 9.47 Å². The number of fused-ring (bicyclic) bond motifs is 5. The Morgan fingerprint density at radius 1 is 1.16 bits per heavy atom. The van der Waals surface area contributed by atoms with Crippen molar-refractivity contribution in [2.24, 2.45) is 0 Å². The Kier molecular flexibility index (Phi) is 3.61. The summed E-state index contributed by atoms with van der Waals surface area (Å²) in [5, 5.41) is 4.05. The SMILES string of the molecule is CN1C2CC(OC(=O)C(C)(c3cccs3)c3cccs3)CC1C1OC12. The number of likely N-dealkylation sites (N-methyl/N-ethyl adjacent to an activating group) is 1. The van der Waals surface area contributed by atoms with Gasteiger partial charge in [0.05, 0.1) is 0 Å². The molecule has 0 radical (unpaired) electrons. The summed E-state index contributed by atoms with van der Waals surface area (Å²) in [5.41, 5.74) is -0.718. The molecule has 4 nitrogen and oxygen atoms in total. The predicted molar refractivity (Wildman–Crippen MR) is 98.2 cm³/mol. The number of piperidine rings is 1. The molecule has 5 rings (SSSR count). The van der Waals surface area contributed by atoms with Crippen LogP contribution >= 0.6 is 22.7 Å². The molecule has 2 aromatic rings. The van der Waals surface area contributed by atoms with Gasteiger partial charge in [0.15, 0.2) is 0 Å². The van der Waals surface area contributed by atoms with Gasteiger partial charge in [0.2, 0.25) is 0 Å². The lowest BCUT2D eigenvalue weighted by Crippen LogP contribution is -2.49. The quantitative estimate of drug-likeness (QED) is 0.608. The number of thiophene rings is 2. The minimum absolute atomic E-state index is 0.00523. The van der Waals surface area contributed by atoms with Gasteiger partial charge in [-0.2, -0.15) is 0 Å². The van der Waals surface area contributed by atoms with Crippen molar-refractivity contribution in [1.82, 2.24) is 4.90 Å². The molecule has 3 saturated heterocycles. The fourth-order valence-corrected chi connectivity index (χ4v) is 6.36. The normalized spacial score (nSPS) is 33.9. The molecule has 132 valence electrons. The molecule has 2 bridgehead atoms. The average Bonchev–Trinajstić information content (AvgIpc) is 2.97. The van der Waals surface area contributed by atoms with Crippen molar-refractivity contribution >= 4 is 28.6 Å². The molecule has 2 aromatic heterocycles. The summed E-state index contributed by atoms with van der Waals surface area (Å²) in [6.45, 7) is 2.00. The minimum Gasteiger partial charge on any atom is -0.461 e. The standard InChI is InChI=1S/C19H21NO3S2/c1-19(14-5-3-7-24-14,15-6-4-8-25-15)18(21)22-11-9-12-16-17(23-16)13(10-11)20(12)2/h3-8,11-13,16-17H,9-10H2,1-2H3. The minimum atomic E-state index is -0.718. The summed E-state index contributed by atoms with van der Waals surface area (Å²) < 4.78 is 11.8. The predicted octanol–water partition coefficient (Wildman–Crippen LogP) is 3.27. The summed E-state index contributed by atoms with van der Waals surface area (Å²) in [7, 11) is 2.17. The molecule has 0 aromatic carbocycles. The second-order valence-corrected chi connectivity index (χ2v) is 9.34. The summed E-state index contributed by atoms with van der Waals surface area (Å²) in [6.07, 6.45) is 2.48. The highest BCUT2D eigenvalue weighted by Gasteiger charge is 2.63. The molecule has 0 amide bonds. The van der Waals surface area contributed by atoms with Crippen molar-refractivity contribution in [2.45, 2.75) is 55.6 Å². The van der Waals surface area contributed by atoms with Gasteiger partial charge in [0.1, 0.15) is 23.7 Å². The summed E-state index contributed by atoms with van der Waals surface area (Å²) in [6, 6.07) is 8.87. The first kappa shape index (κ1) is 16.0. The Morgan fingerprint density at radius 2 is 1.72 bits per heavy atom. The van der Waals surface area contributed by atoms with Gasteiger partial charge in [-0.3, -0.25) is 9.69 Å². The van der Waals surface area contributed by atoms with E-state index in [2.05, 4.69) is 11.9 Å². The highest BCUT2D eigenvalue weighted by molar-refractivity contribution is 7.12. The monoisotopic (exact) mass is 375 g/mol. The first-order valence-corrected chi connectivity index (χ1v) is 10.5. The highest BCUT2D eigenvalue weighted by Crippen LogP contribution is 2.48. The third-order valence-corrected chi connectivity index (χ3v) is 8.27. The largest absolute Gasteiger partial charge is 0.461 e. The van der Waals surface area contributed by atoms with Gasteiger partial charge in [0.25, 0.3) is 0 Å². The molecule has 25 heavy (non-hydrogen) atoms. The third-order valence-electron chi connectivity index (χ3n) is 6.08. The second-order valence-electron chi connectivity index (χ2n) is 7.44. The lowest BCUT2D eigenvalue weighted by Gasteiger charge is -2.39. The topological polar surface area (TPSA) is 42.1 Å². The molecular formula is C19H21NO3S2. The molecule has 3 fully saturated rings.